The maximum absolute atomic E-state index is 5.81. The van der Waals surface area contributed by atoms with Gasteiger partial charge in [-0.3, -0.25) is 0 Å². The van der Waals surface area contributed by atoms with Gasteiger partial charge in [0.1, 0.15) is 11.6 Å². The number of hydrogen-bond donors (Lipinski definition) is 1. The summed E-state index contributed by atoms with van der Waals surface area (Å²) in [5.41, 5.74) is 8.06. The summed E-state index contributed by atoms with van der Waals surface area (Å²) in [6, 6.07) is 12.3. The molecule has 1 saturated carbocycles. The second-order valence-corrected chi connectivity index (χ2v) is 4.71. The highest BCUT2D eigenvalue weighted by Crippen LogP contribution is 2.52. The lowest BCUT2D eigenvalue weighted by Crippen LogP contribution is -2.15. The van der Waals surface area contributed by atoms with Crippen LogP contribution in [0.1, 0.15) is 29.9 Å². The topological polar surface area (TPSA) is 51.8 Å². The van der Waals surface area contributed by atoms with E-state index in [4.69, 9.17) is 5.73 Å². The van der Waals surface area contributed by atoms with Gasteiger partial charge in [-0.05, 0) is 25.3 Å². The molecule has 3 rings (SSSR count). The van der Waals surface area contributed by atoms with E-state index in [1.165, 1.54) is 5.56 Å². The number of benzene rings is 1. The quantitative estimate of drug-likeness (QED) is 0.854. The van der Waals surface area contributed by atoms with Crippen LogP contribution in [0.5, 0.6) is 0 Å². The fourth-order valence-electron chi connectivity index (χ4n) is 2.33. The largest absolute Gasteiger partial charge is 0.384 e. The summed E-state index contributed by atoms with van der Waals surface area (Å²) in [6.45, 7) is 1.96. The van der Waals surface area contributed by atoms with Crippen molar-refractivity contribution in [2.75, 3.05) is 5.73 Å². The number of aromatic nitrogens is 2. The second-order valence-electron chi connectivity index (χ2n) is 4.71. The van der Waals surface area contributed by atoms with E-state index >= 15 is 0 Å². The van der Waals surface area contributed by atoms with Crippen LogP contribution >= 0.6 is 0 Å². The molecule has 1 heterocycles. The first kappa shape index (κ1) is 10.3. The zero-order valence-electron chi connectivity index (χ0n) is 9.85. The third-order valence-corrected chi connectivity index (χ3v) is 3.38. The predicted octanol–water partition coefficient (Wildman–Crippen LogP) is 2.45. The number of aryl methyl sites for hydroxylation is 1. The van der Waals surface area contributed by atoms with E-state index in [0.29, 0.717) is 5.82 Å². The highest BCUT2D eigenvalue weighted by Gasteiger charge is 2.48. The summed E-state index contributed by atoms with van der Waals surface area (Å²) < 4.78 is 0. The van der Waals surface area contributed by atoms with Crippen molar-refractivity contribution in [2.45, 2.75) is 25.2 Å². The Hall–Kier alpha value is -1.90. The van der Waals surface area contributed by atoms with Crippen molar-refractivity contribution in [3.63, 3.8) is 0 Å². The summed E-state index contributed by atoms with van der Waals surface area (Å²) >= 11 is 0. The molecule has 0 radical (unpaired) electrons. The van der Waals surface area contributed by atoms with Crippen molar-refractivity contribution in [1.82, 2.24) is 9.97 Å². The van der Waals surface area contributed by atoms with Gasteiger partial charge < -0.3 is 5.73 Å². The van der Waals surface area contributed by atoms with Crippen LogP contribution in [0.4, 0.5) is 5.82 Å². The van der Waals surface area contributed by atoms with Gasteiger partial charge in [0.15, 0.2) is 0 Å². The third kappa shape index (κ3) is 1.68. The minimum absolute atomic E-state index is 0.0153. The number of rotatable bonds is 2. The monoisotopic (exact) mass is 225 g/mol. The second kappa shape index (κ2) is 3.55. The van der Waals surface area contributed by atoms with Crippen LogP contribution in [-0.4, -0.2) is 9.97 Å². The first-order chi connectivity index (χ1) is 8.21. The maximum atomic E-state index is 5.81. The fraction of sp³-hybridized carbons (Fsp3) is 0.286. The summed E-state index contributed by atoms with van der Waals surface area (Å²) in [6.07, 6.45) is 2.22. The van der Waals surface area contributed by atoms with Gasteiger partial charge in [-0.25, -0.2) is 9.97 Å². The number of anilines is 1. The highest BCUT2D eigenvalue weighted by atomic mass is 15.0. The van der Waals surface area contributed by atoms with Crippen molar-refractivity contribution in [2.24, 2.45) is 0 Å². The van der Waals surface area contributed by atoms with E-state index in [2.05, 4.69) is 34.2 Å². The molecule has 0 bridgehead atoms. The summed E-state index contributed by atoms with van der Waals surface area (Å²) in [7, 11) is 0. The smallest absolute Gasteiger partial charge is 0.141 e. The van der Waals surface area contributed by atoms with Gasteiger partial charge in [-0.15, -0.1) is 0 Å². The zero-order chi connectivity index (χ0) is 11.9. The molecule has 1 aromatic heterocycles. The molecule has 1 aliphatic carbocycles. The van der Waals surface area contributed by atoms with Crippen molar-refractivity contribution >= 4 is 5.82 Å². The molecule has 0 unspecified atom stereocenters. The van der Waals surface area contributed by atoms with E-state index in [-0.39, 0.29) is 5.41 Å². The number of nitrogens with two attached hydrogens (primary N) is 1. The van der Waals surface area contributed by atoms with Crippen molar-refractivity contribution in [3.8, 4) is 0 Å². The van der Waals surface area contributed by atoms with Gasteiger partial charge in [0.2, 0.25) is 0 Å². The fourth-order valence-corrected chi connectivity index (χ4v) is 2.33. The Morgan fingerprint density at radius 1 is 1.12 bits per heavy atom. The summed E-state index contributed by atoms with van der Waals surface area (Å²) in [4.78, 5) is 8.96. The van der Waals surface area contributed by atoms with Crippen LogP contribution in [0.2, 0.25) is 0 Å². The lowest BCUT2D eigenvalue weighted by Gasteiger charge is -2.15. The standard InChI is InChI=1S/C14H15N3/c1-10-9-12(15)17-13(16-10)14(7-8-14)11-5-3-2-4-6-11/h2-6,9H,7-8H2,1H3,(H2,15,16,17). The molecule has 0 aliphatic heterocycles. The Balaban J connectivity index is 2.09. The molecule has 2 aromatic rings. The zero-order valence-corrected chi connectivity index (χ0v) is 9.85. The van der Waals surface area contributed by atoms with Crippen LogP contribution in [0.3, 0.4) is 0 Å². The molecule has 0 atom stereocenters. The normalized spacial score (nSPS) is 16.8. The Morgan fingerprint density at radius 2 is 1.82 bits per heavy atom. The van der Waals surface area contributed by atoms with Crippen molar-refractivity contribution in [1.29, 1.82) is 0 Å². The van der Waals surface area contributed by atoms with Gasteiger partial charge in [-0.2, -0.15) is 0 Å². The number of nitrogens with zero attached hydrogens (tertiary/aromatic N) is 2. The summed E-state index contributed by atoms with van der Waals surface area (Å²) in [5, 5.41) is 0. The molecule has 1 fully saturated rings. The lowest BCUT2D eigenvalue weighted by molar-refractivity contribution is 0.750. The molecule has 17 heavy (non-hydrogen) atoms. The molecule has 1 aliphatic rings. The minimum Gasteiger partial charge on any atom is -0.384 e. The van der Waals surface area contributed by atoms with E-state index in [0.717, 1.165) is 24.4 Å². The Bertz CT molecular complexity index is 524. The van der Waals surface area contributed by atoms with E-state index in [9.17, 15) is 0 Å². The van der Waals surface area contributed by atoms with Crippen LogP contribution in [-0.2, 0) is 5.41 Å². The van der Waals surface area contributed by atoms with Gasteiger partial charge in [0.25, 0.3) is 0 Å². The van der Waals surface area contributed by atoms with E-state index < -0.39 is 0 Å². The molecule has 0 spiro atoms. The van der Waals surface area contributed by atoms with E-state index in [1.807, 2.05) is 19.1 Å². The first-order valence-electron chi connectivity index (χ1n) is 5.88. The van der Waals surface area contributed by atoms with Crippen molar-refractivity contribution in [3.05, 3.63) is 53.5 Å². The van der Waals surface area contributed by atoms with Gasteiger partial charge in [-0.1, -0.05) is 30.3 Å². The van der Waals surface area contributed by atoms with Gasteiger partial charge in [0.05, 0.1) is 5.41 Å². The Labute approximate surface area is 101 Å². The molecule has 0 amide bonds. The molecule has 86 valence electrons. The van der Waals surface area contributed by atoms with E-state index in [1.54, 1.807) is 0 Å². The molecular weight excluding hydrogens is 210 g/mol. The molecule has 1 aromatic carbocycles. The number of nitrogen functional groups attached to an aromatic ring is 1. The molecule has 3 nitrogen and oxygen atoms in total. The summed E-state index contributed by atoms with van der Waals surface area (Å²) in [5.74, 6) is 1.44. The maximum Gasteiger partial charge on any atom is 0.141 e. The van der Waals surface area contributed by atoms with Crippen LogP contribution in [0.15, 0.2) is 36.4 Å². The van der Waals surface area contributed by atoms with Crippen LogP contribution in [0, 0.1) is 6.92 Å². The highest BCUT2D eigenvalue weighted by molar-refractivity contribution is 5.42. The van der Waals surface area contributed by atoms with Gasteiger partial charge in [0, 0.05) is 11.8 Å². The lowest BCUT2D eigenvalue weighted by atomic mass is 9.95. The first-order valence-corrected chi connectivity index (χ1v) is 5.88. The molecule has 0 saturated heterocycles. The SMILES string of the molecule is Cc1cc(N)nc(C2(c3ccccc3)CC2)n1. The number of hydrogen-bond acceptors (Lipinski definition) is 3. The Kier molecular flexibility index (Phi) is 2.15. The van der Waals surface area contributed by atoms with Crippen LogP contribution < -0.4 is 5.73 Å². The van der Waals surface area contributed by atoms with Crippen LogP contribution in [0.25, 0.3) is 0 Å². The van der Waals surface area contributed by atoms with Gasteiger partial charge >= 0.3 is 0 Å². The third-order valence-electron chi connectivity index (χ3n) is 3.38. The average Bonchev–Trinajstić information content (AvgIpc) is 3.10. The minimum atomic E-state index is 0.0153. The van der Waals surface area contributed by atoms with Crippen molar-refractivity contribution < 1.29 is 0 Å². The molecular formula is C14H15N3. The Morgan fingerprint density at radius 3 is 2.41 bits per heavy atom. The molecule has 3 heteroatoms. The predicted molar refractivity (Wildman–Crippen MR) is 67.6 cm³/mol. The molecule has 2 N–H and O–H groups in total. The average molecular weight is 225 g/mol.